The van der Waals surface area contributed by atoms with Gasteiger partial charge in [-0.15, -0.1) is 10.2 Å². The van der Waals surface area contributed by atoms with Crippen LogP contribution in [0.3, 0.4) is 0 Å². The summed E-state index contributed by atoms with van der Waals surface area (Å²) in [5.41, 5.74) is 1.54. The van der Waals surface area contributed by atoms with Gasteiger partial charge in [0.05, 0.1) is 12.9 Å². The third kappa shape index (κ3) is 6.41. The van der Waals surface area contributed by atoms with Crippen LogP contribution < -0.4 is 10.1 Å². The molecule has 31 heavy (non-hydrogen) atoms. The van der Waals surface area contributed by atoms with Crippen molar-refractivity contribution in [2.75, 3.05) is 19.4 Å². The summed E-state index contributed by atoms with van der Waals surface area (Å²) in [7, 11) is 1.62. The summed E-state index contributed by atoms with van der Waals surface area (Å²) in [5.74, 6) is 1.74. The fraction of sp³-hybridized carbons (Fsp3) is 0.273. The largest absolute Gasteiger partial charge is 0.497 e. The van der Waals surface area contributed by atoms with Gasteiger partial charge in [-0.25, -0.2) is 0 Å². The van der Waals surface area contributed by atoms with Gasteiger partial charge in [0.2, 0.25) is 5.91 Å². The molecule has 0 unspecified atom stereocenters. The van der Waals surface area contributed by atoms with Gasteiger partial charge in [-0.3, -0.25) is 14.2 Å². The summed E-state index contributed by atoms with van der Waals surface area (Å²) in [6.07, 6.45) is 1.37. The first kappa shape index (κ1) is 23.0. The number of ketones is 1. The van der Waals surface area contributed by atoms with Crippen molar-refractivity contribution in [3.8, 4) is 11.4 Å². The minimum atomic E-state index is -0.0562. The molecule has 1 N–H and O–H groups in total. The number of amides is 1. The molecule has 0 aliphatic carbocycles. The van der Waals surface area contributed by atoms with E-state index in [0.29, 0.717) is 23.7 Å². The van der Waals surface area contributed by atoms with Crippen LogP contribution in [0.2, 0.25) is 0 Å². The normalized spacial score (nSPS) is 10.7. The Morgan fingerprint density at radius 3 is 2.45 bits per heavy atom. The molecule has 0 aliphatic rings. The van der Waals surface area contributed by atoms with Gasteiger partial charge in [-0.05, 0) is 42.8 Å². The van der Waals surface area contributed by atoms with Gasteiger partial charge in [0.1, 0.15) is 11.6 Å². The molecule has 1 aromatic heterocycles. The molecule has 0 bridgehead atoms. The van der Waals surface area contributed by atoms with Crippen molar-refractivity contribution in [1.82, 2.24) is 20.1 Å². The predicted octanol–water partition coefficient (Wildman–Crippen LogP) is 4.08. The molecule has 0 spiro atoms. The number of halogens is 1. The van der Waals surface area contributed by atoms with E-state index in [9.17, 15) is 9.59 Å². The number of nitrogens with zero attached hydrogens (tertiary/aromatic N) is 3. The maximum Gasteiger partial charge on any atom is 0.216 e. The monoisotopic (exact) mass is 502 g/mol. The SMILES string of the molecule is COc1ccc(-n2c(CCCNC(C)=O)nnc2SCC(=O)c2ccc(Br)cc2)cc1. The number of nitrogens with one attached hydrogen (secondary N) is 1. The Morgan fingerprint density at radius 2 is 1.81 bits per heavy atom. The molecule has 3 rings (SSSR count). The van der Waals surface area contributed by atoms with Gasteiger partial charge in [0.25, 0.3) is 0 Å². The van der Waals surface area contributed by atoms with Crippen LogP contribution >= 0.6 is 27.7 Å². The fourth-order valence-corrected chi connectivity index (χ4v) is 4.04. The summed E-state index contributed by atoms with van der Waals surface area (Å²) in [4.78, 5) is 23.7. The first-order valence-corrected chi connectivity index (χ1v) is 11.5. The zero-order valence-corrected chi connectivity index (χ0v) is 19.7. The Bertz CT molecular complexity index is 1040. The zero-order valence-electron chi connectivity index (χ0n) is 17.3. The third-order valence-electron chi connectivity index (χ3n) is 4.48. The maximum atomic E-state index is 12.6. The van der Waals surface area contributed by atoms with Crippen molar-refractivity contribution in [3.63, 3.8) is 0 Å². The summed E-state index contributed by atoms with van der Waals surface area (Å²) >= 11 is 4.73. The first-order chi connectivity index (χ1) is 15.0. The Hall–Kier alpha value is -2.65. The number of aromatic nitrogens is 3. The molecule has 0 radical (unpaired) electrons. The van der Waals surface area contributed by atoms with Crippen molar-refractivity contribution < 1.29 is 14.3 Å². The fourth-order valence-electron chi connectivity index (χ4n) is 2.91. The average Bonchev–Trinajstić information content (AvgIpc) is 3.18. The van der Waals surface area contributed by atoms with Crippen molar-refractivity contribution in [3.05, 3.63) is 64.4 Å². The number of hydrogen-bond acceptors (Lipinski definition) is 6. The molecule has 0 fully saturated rings. The number of hydrogen-bond donors (Lipinski definition) is 1. The van der Waals surface area contributed by atoms with E-state index < -0.39 is 0 Å². The van der Waals surface area contributed by atoms with Crippen LogP contribution in [-0.2, 0) is 11.2 Å². The van der Waals surface area contributed by atoms with Crippen molar-refractivity contribution in [2.24, 2.45) is 0 Å². The summed E-state index contributed by atoms with van der Waals surface area (Å²) in [5, 5.41) is 12.1. The standard InChI is InChI=1S/C22H23BrN4O3S/c1-15(28)24-13-3-4-21-25-26-22(27(21)18-9-11-19(30-2)12-10-18)31-14-20(29)16-5-7-17(23)8-6-16/h5-12H,3-4,13-14H2,1-2H3,(H,24,28). The number of benzene rings is 2. The van der Waals surface area contributed by atoms with E-state index in [1.54, 1.807) is 19.2 Å². The quantitative estimate of drug-likeness (QED) is 0.255. The van der Waals surface area contributed by atoms with E-state index in [0.717, 1.165) is 28.2 Å². The van der Waals surface area contributed by atoms with Crippen LogP contribution in [0, 0.1) is 0 Å². The lowest BCUT2D eigenvalue weighted by molar-refractivity contribution is -0.118. The van der Waals surface area contributed by atoms with Crippen LogP contribution in [0.4, 0.5) is 0 Å². The minimum Gasteiger partial charge on any atom is -0.497 e. The highest BCUT2D eigenvalue weighted by Gasteiger charge is 2.16. The van der Waals surface area contributed by atoms with Crippen LogP contribution in [-0.4, -0.2) is 45.9 Å². The molecule has 2 aromatic carbocycles. The highest BCUT2D eigenvalue weighted by molar-refractivity contribution is 9.10. The molecule has 9 heteroatoms. The lowest BCUT2D eigenvalue weighted by Gasteiger charge is -2.11. The second kappa shape index (κ2) is 11.1. The van der Waals surface area contributed by atoms with Gasteiger partial charge in [0, 0.05) is 35.6 Å². The van der Waals surface area contributed by atoms with E-state index in [1.165, 1.54) is 18.7 Å². The molecular weight excluding hydrogens is 480 g/mol. The van der Waals surface area contributed by atoms with Gasteiger partial charge < -0.3 is 10.1 Å². The lowest BCUT2D eigenvalue weighted by atomic mass is 10.2. The van der Waals surface area contributed by atoms with Gasteiger partial charge in [-0.2, -0.15) is 0 Å². The molecule has 0 aliphatic heterocycles. The van der Waals surface area contributed by atoms with Crippen molar-refractivity contribution >= 4 is 39.4 Å². The van der Waals surface area contributed by atoms with Gasteiger partial charge in [-0.1, -0.05) is 39.8 Å². The van der Waals surface area contributed by atoms with Gasteiger partial charge >= 0.3 is 0 Å². The summed E-state index contributed by atoms with van der Waals surface area (Å²) < 4.78 is 8.13. The van der Waals surface area contributed by atoms with E-state index in [2.05, 4.69) is 31.4 Å². The second-order valence-electron chi connectivity index (χ2n) is 6.74. The van der Waals surface area contributed by atoms with Crippen LogP contribution in [0.25, 0.3) is 5.69 Å². The van der Waals surface area contributed by atoms with Crippen LogP contribution in [0.15, 0.2) is 58.2 Å². The molecule has 7 nitrogen and oxygen atoms in total. The summed E-state index contributed by atoms with van der Waals surface area (Å²) in [6.45, 7) is 2.06. The number of methoxy groups -OCH3 is 1. The number of rotatable bonds is 10. The third-order valence-corrected chi connectivity index (χ3v) is 5.94. The molecular formula is C22H23BrN4O3S. The van der Waals surface area contributed by atoms with Crippen LogP contribution in [0.5, 0.6) is 5.75 Å². The van der Waals surface area contributed by atoms with E-state index in [4.69, 9.17) is 4.74 Å². The Balaban J connectivity index is 1.78. The number of aryl methyl sites for hydroxylation is 1. The second-order valence-corrected chi connectivity index (χ2v) is 8.60. The number of Topliss-reactive ketones (excluding diaryl/α,β-unsaturated/α-hetero) is 1. The first-order valence-electron chi connectivity index (χ1n) is 9.72. The molecule has 162 valence electrons. The highest BCUT2D eigenvalue weighted by Crippen LogP contribution is 2.25. The van der Waals surface area contributed by atoms with E-state index in [1.807, 2.05) is 41.0 Å². The number of carbonyl (C=O) groups is 2. The number of ether oxygens (including phenoxy) is 1. The molecule has 1 heterocycles. The average molecular weight is 503 g/mol. The van der Waals surface area contributed by atoms with Crippen LogP contribution in [0.1, 0.15) is 29.5 Å². The Labute approximate surface area is 193 Å². The van der Waals surface area contributed by atoms with E-state index in [-0.39, 0.29) is 17.4 Å². The molecule has 0 saturated carbocycles. The Kier molecular flexibility index (Phi) is 8.25. The number of thioether (sulfide) groups is 1. The van der Waals surface area contributed by atoms with Crippen molar-refractivity contribution in [2.45, 2.75) is 24.9 Å². The molecule has 0 saturated heterocycles. The highest BCUT2D eigenvalue weighted by atomic mass is 79.9. The molecule has 3 aromatic rings. The van der Waals surface area contributed by atoms with Gasteiger partial charge in [0.15, 0.2) is 10.9 Å². The lowest BCUT2D eigenvalue weighted by Crippen LogP contribution is -2.21. The smallest absolute Gasteiger partial charge is 0.216 e. The minimum absolute atomic E-state index is 0.0222. The van der Waals surface area contributed by atoms with Crippen molar-refractivity contribution in [1.29, 1.82) is 0 Å². The maximum absolute atomic E-state index is 12.6. The number of carbonyl (C=O) groups excluding carboxylic acids is 2. The zero-order chi connectivity index (χ0) is 22.2. The Morgan fingerprint density at radius 1 is 1.10 bits per heavy atom. The topological polar surface area (TPSA) is 86.1 Å². The molecule has 0 atom stereocenters. The molecule has 1 amide bonds. The predicted molar refractivity (Wildman–Crippen MR) is 124 cm³/mol. The van der Waals surface area contributed by atoms with E-state index >= 15 is 0 Å². The summed E-state index contributed by atoms with van der Waals surface area (Å²) in [6, 6.07) is 14.9.